The van der Waals surface area contributed by atoms with E-state index in [4.69, 9.17) is 9.47 Å². The van der Waals surface area contributed by atoms with Crippen molar-refractivity contribution in [1.82, 2.24) is 10.3 Å². The first-order valence-electron chi connectivity index (χ1n) is 6.24. The number of nitrogens with zero attached hydrogens (tertiary/aromatic N) is 2. The number of nitro groups is 1. The Morgan fingerprint density at radius 1 is 1.33 bits per heavy atom. The number of nitrogens with one attached hydrogen (secondary N) is 1. The number of hydrogen-bond donors (Lipinski definition) is 1. The molecular weight excluding hydrogens is 274 g/mol. The van der Waals surface area contributed by atoms with E-state index < -0.39 is 4.92 Å². The predicted octanol–water partition coefficient (Wildman–Crippen LogP) is 2.51. The summed E-state index contributed by atoms with van der Waals surface area (Å²) in [5.74, 6) is 0.809. The van der Waals surface area contributed by atoms with Crippen LogP contribution < -0.4 is 14.8 Å². The molecule has 0 unspecified atom stereocenters. The van der Waals surface area contributed by atoms with Crippen molar-refractivity contribution in [3.05, 3.63) is 52.2 Å². The van der Waals surface area contributed by atoms with Crippen LogP contribution in [-0.2, 0) is 6.54 Å². The first-order chi connectivity index (χ1) is 10.1. The smallest absolute Gasteiger partial charge is 0.315 e. The standard InChI is InChI=1S/C14H15N3O4/c1-15-8-10-3-6-14(16-9-10)21-13-5-4-11(20-2)7-12(13)17(18)19/h3-7,9,15H,8H2,1-2H3. The highest BCUT2D eigenvalue weighted by Gasteiger charge is 2.17. The number of methoxy groups -OCH3 is 1. The van der Waals surface area contributed by atoms with Crippen LogP contribution in [0, 0.1) is 10.1 Å². The van der Waals surface area contributed by atoms with E-state index in [1.807, 2.05) is 13.1 Å². The van der Waals surface area contributed by atoms with Crippen molar-refractivity contribution in [2.75, 3.05) is 14.2 Å². The normalized spacial score (nSPS) is 10.2. The van der Waals surface area contributed by atoms with Crippen molar-refractivity contribution < 1.29 is 14.4 Å². The molecular formula is C14H15N3O4. The molecule has 110 valence electrons. The van der Waals surface area contributed by atoms with Gasteiger partial charge < -0.3 is 14.8 Å². The van der Waals surface area contributed by atoms with Gasteiger partial charge in [-0.15, -0.1) is 0 Å². The number of rotatable bonds is 6. The number of benzene rings is 1. The van der Waals surface area contributed by atoms with Crippen molar-refractivity contribution >= 4 is 5.69 Å². The molecule has 7 nitrogen and oxygen atoms in total. The largest absolute Gasteiger partial charge is 0.496 e. The fraction of sp³-hybridized carbons (Fsp3) is 0.214. The van der Waals surface area contributed by atoms with E-state index >= 15 is 0 Å². The number of nitro benzene ring substituents is 1. The minimum atomic E-state index is -0.521. The van der Waals surface area contributed by atoms with Crippen LogP contribution in [0.4, 0.5) is 5.69 Å². The average Bonchev–Trinajstić information content (AvgIpc) is 2.49. The average molecular weight is 289 g/mol. The Morgan fingerprint density at radius 2 is 2.14 bits per heavy atom. The summed E-state index contributed by atoms with van der Waals surface area (Å²) in [6.45, 7) is 0.690. The van der Waals surface area contributed by atoms with Gasteiger partial charge in [-0.05, 0) is 24.7 Å². The second-order valence-electron chi connectivity index (χ2n) is 4.23. The molecule has 21 heavy (non-hydrogen) atoms. The summed E-state index contributed by atoms with van der Waals surface area (Å²) in [4.78, 5) is 14.7. The minimum absolute atomic E-state index is 0.120. The van der Waals surface area contributed by atoms with E-state index in [0.717, 1.165) is 5.56 Å². The molecule has 0 aliphatic rings. The Hall–Kier alpha value is -2.67. The van der Waals surface area contributed by atoms with Crippen LogP contribution in [-0.4, -0.2) is 24.1 Å². The fourth-order valence-electron chi connectivity index (χ4n) is 1.75. The Bertz CT molecular complexity index is 629. The Balaban J connectivity index is 2.24. The third kappa shape index (κ3) is 3.67. The third-order valence-corrected chi connectivity index (χ3v) is 2.76. The molecule has 0 spiro atoms. The molecule has 1 aromatic heterocycles. The van der Waals surface area contributed by atoms with Crippen LogP contribution in [0.1, 0.15) is 5.56 Å². The van der Waals surface area contributed by atoms with Gasteiger partial charge in [-0.25, -0.2) is 4.98 Å². The Morgan fingerprint density at radius 3 is 2.71 bits per heavy atom. The Kier molecular flexibility index (Phi) is 4.68. The summed E-state index contributed by atoms with van der Waals surface area (Å²) >= 11 is 0. The quantitative estimate of drug-likeness (QED) is 0.649. The van der Waals surface area contributed by atoms with Crippen LogP contribution in [0.2, 0.25) is 0 Å². The molecule has 0 aliphatic carbocycles. The Labute approximate surface area is 121 Å². The topological polar surface area (TPSA) is 86.5 Å². The maximum absolute atomic E-state index is 11.1. The highest BCUT2D eigenvalue weighted by molar-refractivity contribution is 5.52. The van der Waals surface area contributed by atoms with Crippen LogP contribution in [0.15, 0.2) is 36.5 Å². The van der Waals surface area contributed by atoms with Crippen molar-refractivity contribution in [3.63, 3.8) is 0 Å². The third-order valence-electron chi connectivity index (χ3n) is 2.76. The molecule has 1 heterocycles. The molecule has 2 aromatic rings. The first kappa shape index (κ1) is 14.7. The molecule has 7 heteroatoms. The van der Waals surface area contributed by atoms with E-state index in [9.17, 15) is 10.1 Å². The first-order valence-corrected chi connectivity index (χ1v) is 6.24. The van der Waals surface area contributed by atoms with E-state index in [1.165, 1.54) is 19.2 Å². The van der Waals surface area contributed by atoms with Crippen molar-refractivity contribution in [3.8, 4) is 17.4 Å². The summed E-state index contributed by atoms with van der Waals surface area (Å²) in [6, 6.07) is 7.90. The van der Waals surface area contributed by atoms with Gasteiger partial charge in [0.25, 0.3) is 0 Å². The zero-order valence-electron chi connectivity index (χ0n) is 11.7. The molecule has 0 atom stereocenters. The maximum Gasteiger partial charge on any atom is 0.315 e. The lowest BCUT2D eigenvalue weighted by molar-refractivity contribution is -0.385. The van der Waals surface area contributed by atoms with Crippen LogP contribution in [0.5, 0.6) is 17.4 Å². The van der Waals surface area contributed by atoms with Gasteiger partial charge in [0, 0.05) is 18.8 Å². The lowest BCUT2D eigenvalue weighted by Gasteiger charge is -2.07. The van der Waals surface area contributed by atoms with Gasteiger partial charge in [0.05, 0.1) is 18.1 Å². The molecule has 2 rings (SSSR count). The second kappa shape index (κ2) is 6.67. The van der Waals surface area contributed by atoms with E-state index in [0.29, 0.717) is 18.2 Å². The molecule has 0 saturated heterocycles. The van der Waals surface area contributed by atoms with Crippen molar-refractivity contribution in [1.29, 1.82) is 0 Å². The van der Waals surface area contributed by atoms with E-state index in [-0.39, 0.29) is 11.4 Å². The molecule has 0 fully saturated rings. The molecule has 0 aliphatic heterocycles. The van der Waals surface area contributed by atoms with Crippen LogP contribution in [0.25, 0.3) is 0 Å². The molecule has 0 radical (unpaired) electrons. The van der Waals surface area contributed by atoms with E-state index in [1.54, 1.807) is 18.3 Å². The highest BCUT2D eigenvalue weighted by atomic mass is 16.6. The van der Waals surface area contributed by atoms with Gasteiger partial charge in [0.15, 0.2) is 0 Å². The lowest BCUT2D eigenvalue weighted by Crippen LogP contribution is -2.05. The summed E-state index contributed by atoms with van der Waals surface area (Å²) in [6.07, 6.45) is 1.65. The fourth-order valence-corrected chi connectivity index (χ4v) is 1.75. The SMILES string of the molecule is CNCc1ccc(Oc2ccc(OC)cc2[N+](=O)[O-])nc1. The van der Waals surface area contributed by atoms with Crippen molar-refractivity contribution in [2.24, 2.45) is 0 Å². The van der Waals surface area contributed by atoms with Gasteiger partial charge in [-0.3, -0.25) is 10.1 Å². The van der Waals surface area contributed by atoms with Gasteiger partial charge in [-0.2, -0.15) is 0 Å². The van der Waals surface area contributed by atoms with Crippen LogP contribution in [0.3, 0.4) is 0 Å². The second-order valence-corrected chi connectivity index (χ2v) is 4.23. The highest BCUT2D eigenvalue weighted by Crippen LogP contribution is 2.33. The maximum atomic E-state index is 11.1. The van der Waals surface area contributed by atoms with Gasteiger partial charge >= 0.3 is 5.69 Å². The molecule has 1 N–H and O–H groups in total. The number of aromatic nitrogens is 1. The van der Waals surface area contributed by atoms with Gasteiger partial charge in [-0.1, -0.05) is 6.07 Å². The number of ether oxygens (including phenoxy) is 2. The summed E-state index contributed by atoms with van der Waals surface area (Å²) in [5.41, 5.74) is 0.824. The zero-order valence-corrected chi connectivity index (χ0v) is 11.7. The van der Waals surface area contributed by atoms with E-state index in [2.05, 4.69) is 10.3 Å². The van der Waals surface area contributed by atoms with Crippen LogP contribution >= 0.6 is 0 Å². The zero-order chi connectivity index (χ0) is 15.2. The van der Waals surface area contributed by atoms with Gasteiger partial charge in [0.1, 0.15) is 5.75 Å². The molecule has 0 bridgehead atoms. The predicted molar refractivity (Wildman–Crippen MR) is 76.7 cm³/mol. The minimum Gasteiger partial charge on any atom is -0.496 e. The summed E-state index contributed by atoms with van der Waals surface area (Å²) in [7, 11) is 3.28. The lowest BCUT2D eigenvalue weighted by atomic mass is 10.2. The molecule has 0 amide bonds. The van der Waals surface area contributed by atoms with Gasteiger partial charge in [0.2, 0.25) is 11.6 Å². The number of pyridine rings is 1. The summed E-state index contributed by atoms with van der Waals surface area (Å²) in [5, 5.41) is 14.1. The monoisotopic (exact) mass is 289 g/mol. The molecule has 0 saturated carbocycles. The van der Waals surface area contributed by atoms with Crippen molar-refractivity contribution in [2.45, 2.75) is 6.54 Å². The summed E-state index contributed by atoms with van der Waals surface area (Å²) < 4.78 is 10.4. The molecule has 1 aromatic carbocycles. The number of hydrogen-bond acceptors (Lipinski definition) is 6.